The predicted octanol–water partition coefficient (Wildman–Crippen LogP) is 4.97. The number of hydrogen-bond donors (Lipinski definition) is 0. The summed E-state index contributed by atoms with van der Waals surface area (Å²) in [5.41, 5.74) is 3.34. The fourth-order valence-electron chi connectivity index (χ4n) is 2.04. The lowest BCUT2D eigenvalue weighted by molar-refractivity contribution is 0.101. The van der Waals surface area contributed by atoms with Crippen molar-refractivity contribution in [2.75, 3.05) is 0 Å². The fraction of sp³-hybridized carbons (Fsp3) is 0.0588. The van der Waals surface area contributed by atoms with Gasteiger partial charge in [-0.05, 0) is 19.1 Å². The fourth-order valence-corrected chi connectivity index (χ4v) is 2.30. The summed E-state index contributed by atoms with van der Waals surface area (Å²) in [6.07, 6.45) is 0. The smallest absolute Gasteiger partial charge is 0.167 e. The first-order valence-electron chi connectivity index (χ1n) is 6.47. The summed E-state index contributed by atoms with van der Waals surface area (Å²) in [7, 11) is 0. The molecule has 0 aliphatic carbocycles. The molecule has 2 aromatic carbocycles. The summed E-state index contributed by atoms with van der Waals surface area (Å²) in [5, 5.41) is 4.09. The first-order chi connectivity index (χ1) is 10.1. The zero-order valence-corrected chi connectivity index (χ0v) is 12.9. The molecule has 0 radical (unpaired) electrons. The summed E-state index contributed by atoms with van der Waals surface area (Å²) in [4.78, 5) is 11.3. The average Bonchev–Trinajstić information content (AvgIpc) is 2.98. The Morgan fingerprint density at radius 1 is 1.00 bits per heavy atom. The summed E-state index contributed by atoms with van der Waals surface area (Å²) in [5.74, 6) is 0.769. The largest absolute Gasteiger partial charge is 0.356 e. The van der Waals surface area contributed by atoms with Gasteiger partial charge in [-0.3, -0.25) is 4.79 Å². The normalized spacial score (nSPS) is 10.6. The van der Waals surface area contributed by atoms with Crippen molar-refractivity contribution < 1.29 is 9.32 Å². The van der Waals surface area contributed by atoms with E-state index in [0.717, 1.165) is 21.3 Å². The van der Waals surface area contributed by atoms with Gasteiger partial charge in [0.2, 0.25) is 0 Å². The van der Waals surface area contributed by atoms with Crippen molar-refractivity contribution in [3.63, 3.8) is 0 Å². The molecule has 0 amide bonds. The second-order valence-corrected chi connectivity index (χ2v) is 5.63. The van der Waals surface area contributed by atoms with Crippen LogP contribution in [0.15, 0.2) is 63.6 Å². The Kier molecular flexibility index (Phi) is 3.71. The molecule has 3 aromatic rings. The van der Waals surface area contributed by atoms with E-state index in [2.05, 4.69) is 21.1 Å². The average molecular weight is 342 g/mol. The van der Waals surface area contributed by atoms with E-state index in [-0.39, 0.29) is 5.78 Å². The Morgan fingerprint density at radius 2 is 1.62 bits per heavy atom. The van der Waals surface area contributed by atoms with Crippen molar-refractivity contribution in [2.24, 2.45) is 0 Å². The zero-order valence-electron chi connectivity index (χ0n) is 11.3. The van der Waals surface area contributed by atoms with Gasteiger partial charge in [-0.2, -0.15) is 0 Å². The molecule has 0 saturated carbocycles. The Morgan fingerprint density at radius 3 is 2.24 bits per heavy atom. The van der Waals surface area contributed by atoms with Crippen LogP contribution in [-0.2, 0) is 0 Å². The van der Waals surface area contributed by atoms with Gasteiger partial charge in [0, 0.05) is 27.2 Å². The maximum atomic E-state index is 11.3. The molecular formula is C17H12BrNO2. The third kappa shape index (κ3) is 2.95. The van der Waals surface area contributed by atoms with E-state index >= 15 is 0 Å². The first-order valence-corrected chi connectivity index (χ1v) is 7.27. The summed E-state index contributed by atoms with van der Waals surface area (Å²) in [6, 6.07) is 17.1. The highest BCUT2D eigenvalue weighted by molar-refractivity contribution is 9.10. The Bertz CT molecular complexity index is 773. The molecule has 3 rings (SSSR count). The van der Waals surface area contributed by atoms with Crippen LogP contribution in [0.4, 0.5) is 0 Å². The van der Waals surface area contributed by atoms with Crippen LogP contribution < -0.4 is 0 Å². The van der Waals surface area contributed by atoms with Crippen molar-refractivity contribution in [1.29, 1.82) is 0 Å². The minimum atomic E-state index is 0.0530. The van der Waals surface area contributed by atoms with Gasteiger partial charge in [-0.25, -0.2) is 0 Å². The standard InChI is InChI=1S/C17H12BrNO2/c1-11(20)12-2-4-13(5-3-12)16-10-17(21-19-16)14-6-8-15(18)9-7-14/h2-10H,1H3. The van der Waals surface area contributed by atoms with Crippen LogP contribution >= 0.6 is 15.9 Å². The third-order valence-electron chi connectivity index (χ3n) is 3.23. The summed E-state index contributed by atoms with van der Waals surface area (Å²) < 4.78 is 6.41. The van der Waals surface area contributed by atoms with Gasteiger partial charge >= 0.3 is 0 Å². The van der Waals surface area contributed by atoms with Gasteiger partial charge in [0.05, 0.1) is 0 Å². The van der Waals surface area contributed by atoms with Crippen LogP contribution in [0.3, 0.4) is 0 Å². The Labute approximate surface area is 130 Å². The second kappa shape index (κ2) is 5.66. The minimum absolute atomic E-state index is 0.0530. The molecule has 0 aliphatic rings. The predicted molar refractivity (Wildman–Crippen MR) is 85.1 cm³/mol. The topological polar surface area (TPSA) is 43.1 Å². The van der Waals surface area contributed by atoms with Crippen LogP contribution in [0.5, 0.6) is 0 Å². The number of carbonyl (C=O) groups is 1. The molecule has 21 heavy (non-hydrogen) atoms. The Hall–Kier alpha value is -2.20. The van der Waals surface area contributed by atoms with Gasteiger partial charge in [-0.1, -0.05) is 57.5 Å². The van der Waals surface area contributed by atoms with Gasteiger partial charge in [0.1, 0.15) is 5.69 Å². The quantitative estimate of drug-likeness (QED) is 0.631. The molecule has 0 N–H and O–H groups in total. The van der Waals surface area contributed by atoms with Crippen molar-refractivity contribution in [3.05, 3.63) is 64.6 Å². The Balaban J connectivity index is 1.90. The van der Waals surface area contributed by atoms with Crippen molar-refractivity contribution in [3.8, 4) is 22.6 Å². The van der Waals surface area contributed by atoms with Crippen LogP contribution in [0, 0.1) is 0 Å². The number of hydrogen-bond acceptors (Lipinski definition) is 3. The molecule has 0 aliphatic heterocycles. The molecule has 0 atom stereocenters. The van der Waals surface area contributed by atoms with E-state index in [1.54, 1.807) is 19.1 Å². The molecular weight excluding hydrogens is 330 g/mol. The third-order valence-corrected chi connectivity index (χ3v) is 3.75. The lowest BCUT2D eigenvalue weighted by Gasteiger charge is -1.97. The van der Waals surface area contributed by atoms with E-state index in [0.29, 0.717) is 11.3 Å². The number of ketones is 1. The molecule has 0 bridgehead atoms. The van der Waals surface area contributed by atoms with E-state index < -0.39 is 0 Å². The number of carbonyl (C=O) groups excluding carboxylic acids is 1. The van der Waals surface area contributed by atoms with E-state index in [1.165, 1.54) is 0 Å². The van der Waals surface area contributed by atoms with E-state index in [4.69, 9.17) is 4.52 Å². The molecule has 0 fully saturated rings. The first kappa shape index (κ1) is 13.8. The van der Waals surface area contributed by atoms with E-state index in [1.807, 2.05) is 42.5 Å². The lowest BCUT2D eigenvalue weighted by atomic mass is 10.1. The van der Waals surface area contributed by atoms with Crippen LogP contribution in [-0.4, -0.2) is 10.9 Å². The maximum absolute atomic E-state index is 11.3. The molecule has 0 spiro atoms. The lowest BCUT2D eigenvalue weighted by Crippen LogP contribution is -1.90. The van der Waals surface area contributed by atoms with Gasteiger partial charge in [0.15, 0.2) is 11.5 Å². The molecule has 104 valence electrons. The highest BCUT2D eigenvalue weighted by Gasteiger charge is 2.09. The van der Waals surface area contributed by atoms with Crippen molar-refractivity contribution >= 4 is 21.7 Å². The highest BCUT2D eigenvalue weighted by atomic mass is 79.9. The van der Waals surface area contributed by atoms with Crippen LogP contribution in [0.2, 0.25) is 0 Å². The van der Waals surface area contributed by atoms with Crippen LogP contribution in [0.25, 0.3) is 22.6 Å². The molecule has 0 saturated heterocycles. The summed E-state index contributed by atoms with van der Waals surface area (Å²) in [6.45, 7) is 1.55. The minimum Gasteiger partial charge on any atom is -0.356 e. The van der Waals surface area contributed by atoms with Crippen LogP contribution in [0.1, 0.15) is 17.3 Å². The number of nitrogens with zero attached hydrogens (tertiary/aromatic N) is 1. The number of rotatable bonds is 3. The van der Waals surface area contributed by atoms with Crippen molar-refractivity contribution in [1.82, 2.24) is 5.16 Å². The molecule has 0 unspecified atom stereocenters. The maximum Gasteiger partial charge on any atom is 0.167 e. The number of halogens is 1. The van der Waals surface area contributed by atoms with E-state index in [9.17, 15) is 4.79 Å². The molecule has 1 aromatic heterocycles. The summed E-state index contributed by atoms with van der Waals surface area (Å²) >= 11 is 3.40. The number of Topliss-reactive ketones (excluding diaryl/α,β-unsaturated/α-hetero) is 1. The monoisotopic (exact) mass is 341 g/mol. The second-order valence-electron chi connectivity index (χ2n) is 4.72. The molecule has 3 nitrogen and oxygen atoms in total. The molecule has 4 heteroatoms. The number of benzene rings is 2. The number of aromatic nitrogens is 1. The van der Waals surface area contributed by atoms with Gasteiger partial charge in [0.25, 0.3) is 0 Å². The van der Waals surface area contributed by atoms with Gasteiger partial charge < -0.3 is 4.52 Å². The SMILES string of the molecule is CC(=O)c1ccc(-c2cc(-c3ccc(Br)cc3)on2)cc1. The highest BCUT2D eigenvalue weighted by Crippen LogP contribution is 2.27. The van der Waals surface area contributed by atoms with Crippen molar-refractivity contribution in [2.45, 2.75) is 6.92 Å². The van der Waals surface area contributed by atoms with Gasteiger partial charge in [-0.15, -0.1) is 0 Å². The zero-order chi connectivity index (χ0) is 14.8. The molecule has 1 heterocycles.